The fraction of sp³-hybridized carbons (Fsp3) is 0.0476. The Morgan fingerprint density at radius 2 is 1.22 bits per heavy atom. The van der Waals surface area contributed by atoms with Crippen LogP contribution >= 0.6 is 45.2 Å². The van der Waals surface area contributed by atoms with E-state index in [9.17, 15) is 19.4 Å². The quantitative estimate of drug-likeness (QED) is 0.130. The van der Waals surface area contributed by atoms with Crippen molar-refractivity contribution in [3.05, 3.63) is 82.7 Å². The van der Waals surface area contributed by atoms with E-state index >= 15 is 0 Å². The van der Waals surface area contributed by atoms with Crippen LogP contribution in [0.4, 0.5) is 11.4 Å². The zero-order valence-electron chi connectivity index (χ0n) is 16.2. The van der Waals surface area contributed by atoms with Crippen LogP contribution in [-0.4, -0.2) is 19.0 Å². The second kappa shape index (κ2) is 10.6. The van der Waals surface area contributed by atoms with Gasteiger partial charge in [-0.1, -0.05) is 0 Å². The summed E-state index contributed by atoms with van der Waals surface area (Å²) in [6.45, 7) is 0. The Morgan fingerprint density at radius 1 is 0.719 bits per heavy atom. The van der Waals surface area contributed by atoms with Crippen LogP contribution in [0.15, 0.2) is 65.0 Å². The number of rotatable bonds is 7. The summed E-state index contributed by atoms with van der Waals surface area (Å²) in [5.74, 6) is -1.61. The van der Waals surface area contributed by atoms with Crippen LogP contribution in [0.1, 0.15) is 20.7 Å². The minimum absolute atomic E-state index is 0.00416. The van der Waals surface area contributed by atoms with E-state index in [1.165, 1.54) is 49.6 Å². The number of nitroso groups, excluding NO2 is 2. The minimum Gasteiger partial charge on any atom is -0.496 e. The lowest BCUT2D eigenvalue weighted by Gasteiger charge is -2.11. The average Bonchev–Trinajstić information content (AvgIpc) is 2.80. The number of halogens is 2. The van der Waals surface area contributed by atoms with Crippen LogP contribution in [0.2, 0.25) is 0 Å². The Labute approximate surface area is 208 Å². The molecular formula is C21H12I2N2O7. The predicted octanol–water partition coefficient (Wildman–Crippen LogP) is 6.14. The Morgan fingerprint density at radius 3 is 1.72 bits per heavy atom. The lowest BCUT2D eigenvalue weighted by atomic mass is 10.1. The topological polar surface area (TPSA) is 121 Å². The summed E-state index contributed by atoms with van der Waals surface area (Å²) in [6, 6.07) is 13.1. The maximum Gasteiger partial charge on any atom is 0.347 e. The molecule has 0 amide bonds. The van der Waals surface area contributed by atoms with Crippen molar-refractivity contribution in [1.29, 1.82) is 0 Å². The van der Waals surface area contributed by atoms with Gasteiger partial charge in [-0.25, -0.2) is 9.59 Å². The second-order valence-corrected chi connectivity index (χ2v) is 8.59. The number of methoxy groups -OCH3 is 1. The molecule has 32 heavy (non-hydrogen) atoms. The molecule has 0 atom stereocenters. The highest BCUT2D eigenvalue weighted by atomic mass is 127. The van der Waals surface area contributed by atoms with Crippen molar-refractivity contribution in [3.8, 4) is 17.2 Å². The first-order chi connectivity index (χ1) is 15.4. The lowest BCUT2D eigenvalue weighted by molar-refractivity contribution is 0.0732. The van der Waals surface area contributed by atoms with Crippen molar-refractivity contribution in [2.75, 3.05) is 7.11 Å². The molecule has 3 aromatic rings. The molecule has 0 spiro atoms. The third-order valence-corrected chi connectivity index (χ3v) is 5.44. The Bertz CT molecular complexity index is 1230. The van der Waals surface area contributed by atoms with E-state index < -0.39 is 11.9 Å². The molecule has 0 aliphatic rings. The molecule has 0 aliphatic heterocycles. The molecule has 0 aromatic heterocycles. The van der Waals surface area contributed by atoms with Crippen LogP contribution in [-0.2, 0) is 0 Å². The van der Waals surface area contributed by atoms with Crippen LogP contribution in [0.3, 0.4) is 0 Å². The zero-order valence-corrected chi connectivity index (χ0v) is 20.5. The smallest absolute Gasteiger partial charge is 0.347 e. The molecule has 0 bridgehead atoms. The van der Waals surface area contributed by atoms with E-state index in [-0.39, 0.29) is 39.8 Å². The summed E-state index contributed by atoms with van der Waals surface area (Å²) >= 11 is 3.99. The van der Waals surface area contributed by atoms with Crippen molar-refractivity contribution in [2.45, 2.75) is 0 Å². The lowest BCUT2D eigenvalue weighted by Crippen LogP contribution is -2.14. The van der Waals surface area contributed by atoms with E-state index in [1.807, 2.05) is 45.2 Å². The Balaban J connectivity index is 1.90. The molecule has 9 nitrogen and oxygen atoms in total. The number of carbonyl (C=O) groups excluding carboxylic acids is 2. The van der Waals surface area contributed by atoms with Gasteiger partial charge in [-0.15, -0.1) is 9.81 Å². The SMILES string of the molecule is COc1ccc(C(=O)Oc2ccc(I)cc2N=O)cc1C(=O)Oc1ccc(I)cc1N=O. The maximum atomic E-state index is 12.8. The number of hydrogen-bond acceptors (Lipinski definition) is 9. The summed E-state index contributed by atoms with van der Waals surface area (Å²) in [7, 11) is 1.35. The van der Waals surface area contributed by atoms with E-state index in [4.69, 9.17) is 14.2 Å². The maximum absolute atomic E-state index is 12.8. The molecule has 0 radical (unpaired) electrons. The molecule has 3 aromatic carbocycles. The molecule has 3 rings (SSSR count). The van der Waals surface area contributed by atoms with Gasteiger partial charge in [-0.2, -0.15) is 0 Å². The molecule has 11 heteroatoms. The van der Waals surface area contributed by atoms with Gasteiger partial charge in [0.05, 0.1) is 12.7 Å². The average molecular weight is 658 g/mol. The summed E-state index contributed by atoms with van der Waals surface area (Å²) in [5, 5.41) is 5.72. The molecule has 162 valence electrons. The Hall–Kier alpha value is -2.94. The minimum atomic E-state index is -0.868. The van der Waals surface area contributed by atoms with Crippen LogP contribution in [0.25, 0.3) is 0 Å². The molecule has 0 heterocycles. The number of esters is 2. The number of carbonyl (C=O) groups is 2. The number of hydrogen-bond donors (Lipinski definition) is 0. The van der Waals surface area contributed by atoms with Gasteiger partial charge in [-0.05, 0) is 110 Å². The van der Waals surface area contributed by atoms with Gasteiger partial charge in [0, 0.05) is 7.14 Å². The van der Waals surface area contributed by atoms with Crippen LogP contribution in [0, 0.1) is 17.0 Å². The van der Waals surface area contributed by atoms with Crippen molar-refractivity contribution in [3.63, 3.8) is 0 Å². The molecular weight excluding hydrogens is 646 g/mol. The molecule has 0 fully saturated rings. The van der Waals surface area contributed by atoms with Gasteiger partial charge >= 0.3 is 11.9 Å². The summed E-state index contributed by atoms with van der Waals surface area (Å²) in [4.78, 5) is 47.4. The third kappa shape index (κ3) is 5.45. The summed E-state index contributed by atoms with van der Waals surface area (Å²) in [5.41, 5.74) is -0.156. The van der Waals surface area contributed by atoms with Gasteiger partial charge in [0.2, 0.25) is 0 Å². The highest BCUT2D eigenvalue weighted by Crippen LogP contribution is 2.32. The molecule has 0 saturated heterocycles. The van der Waals surface area contributed by atoms with E-state index in [2.05, 4.69) is 10.4 Å². The first-order valence-corrected chi connectivity index (χ1v) is 10.9. The van der Waals surface area contributed by atoms with E-state index in [0.29, 0.717) is 0 Å². The highest BCUT2D eigenvalue weighted by molar-refractivity contribution is 14.1. The van der Waals surface area contributed by atoms with Gasteiger partial charge in [0.1, 0.15) is 11.3 Å². The van der Waals surface area contributed by atoms with Crippen molar-refractivity contribution < 1.29 is 23.8 Å². The fourth-order valence-electron chi connectivity index (χ4n) is 2.60. The Kier molecular flexibility index (Phi) is 7.84. The standard InChI is InChI=1S/C21H12I2N2O7/c1-30-17-5-2-11(20(26)31-18-6-3-12(22)9-15(18)24-28)8-14(17)21(27)32-19-7-4-13(23)10-16(19)25-29/h2-10H,1H3. The van der Waals surface area contributed by atoms with Gasteiger partial charge in [0.25, 0.3) is 0 Å². The molecule has 0 saturated carbocycles. The highest BCUT2D eigenvalue weighted by Gasteiger charge is 2.21. The first kappa shape index (κ1) is 23.7. The number of nitrogens with zero attached hydrogens (tertiary/aromatic N) is 2. The van der Waals surface area contributed by atoms with Crippen molar-refractivity contribution >= 4 is 68.5 Å². The van der Waals surface area contributed by atoms with Crippen LogP contribution < -0.4 is 14.2 Å². The third-order valence-electron chi connectivity index (χ3n) is 4.10. The fourth-order valence-corrected chi connectivity index (χ4v) is 3.55. The summed E-state index contributed by atoms with van der Waals surface area (Å²) in [6.07, 6.45) is 0. The zero-order chi connectivity index (χ0) is 23.3. The largest absolute Gasteiger partial charge is 0.496 e. The van der Waals surface area contributed by atoms with Crippen molar-refractivity contribution in [1.82, 2.24) is 0 Å². The van der Waals surface area contributed by atoms with Gasteiger partial charge in [-0.3, -0.25) is 0 Å². The van der Waals surface area contributed by atoms with Gasteiger partial charge in [0.15, 0.2) is 22.9 Å². The molecule has 0 unspecified atom stereocenters. The number of ether oxygens (including phenoxy) is 3. The number of benzene rings is 3. The second-order valence-electron chi connectivity index (χ2n) is 6.10. The molecule has 0 aliphatic carbocycles. The predicted molar refractivity (Wildman–Crippen MR) is 132 cm³/mol. The normalized spacial score (nSPS) is 10.2. The monoisotopic (exact) mass is 658 g/mol. The van der Waals surface area contributed by atoms with Gasteiger partial charge < -0.3 is 14.2 Å². The van der Waals surface area contributed by atoms with E-state index in [1.54, 1.807) is 12.1 Å². The van der Waals surface area contributed by atoms with E-state index in [0.717, 1.165) is 7.14 Å². The summed E-state index contributed by atoms with van der Waals surface area (Å²) < 4.78 is 17.2. The molecule has 0 N–H and O–H groups in total. The van der Waals surface area contributed by atoms with Crippen LogP contribution in [0.5, 0.6) is 17.2 Å². The first-order valence-electron chi connectivity index (χ1n) is 8.74. The van der Waals surface area contributed by atoms with Crippen molar-refractivity contribution in [2.24, 2.45) is 10.4 Å².